The van der Waals surface area contributed by atoms with Gasteiger partial charge in [0.1, 0.15) is 0 Å². The molecule has 64 valence electrons. The van der Waals surface area contributed by atoms with Gasteiger partial charge in [0.25, 0.3) is 0 Å². The average molecular weight is 192 g/mol. The van der Waals surface area contributed by atoms with Gasteiger partial charge in [-0.1, -0.05) is 11.6 Å². The summed E-state index contributed by atoms with van der Waals surface area (Å²) in [5.41, 5.74) is 0.641. The van der Waals surface area contributed by atoms with Crippen LogP contribution in [0.2, 0.25) is 5.02 Å². The smallest absolute Gasteiger partial charge is 0.150 e. The summed E-state index contributed by atoms with van der Waals surface area (Å²) >= 11 is 5.93. The van der Waals surface area contributed by atoms with E-state index in [0.29, 0.717) is 10.6 Å². The number of pyridine rings is 1. The highest BCUT2D eigenvalue weighted by atomic mass is 35.5. The van der Waals surface area contributed by atoms with Gasteiger partial charge in [-0.25, -0.2) is 0 Å². The first-order valence-electron chi connectivity index (χ1n) is 3.80. The van der Waals surface area contributed by atoms with E-state index in [0.717, 1.165) is 17.1 Å². The number of benzene rings is 1. The zero-order chi connectivity index (χ0) is 9.26. The molecule has 0 radical (unpaired) electrons. The Morgan fingerprint density at radius 3 is 2.85 bits per heavy atom. The average Bonchev–Trinajstić information content (AvgIpc) is 2.19. The van der Waals surface area contributed by atoms with Crippen LogP contribution in [0.1, 0.15) is 10.4 Å². The molecule has 0 amide bonds. The number of fused-ring (bicyclic) bond motifs is 1. The van der Waals surface area contributed by atoms with Crippen molar-refractivity contribution in [2.75, 3.05) is 0 Å². The quantitative estimate of drug-likeness (QED) is 0.649. The van der Waals surface area contributed by atoms with Gasteiger partial charge < -0.3 is 0 Å². The summed E-state index contributed by atoms with van der Waals surface area (Å²) in [5.74, 6) is 0. The Balaban J connectivity index is 2.92. The minimum absolute atomic E-state index is 0.619. The van der Waals surface area contributed by atoms with Gasteiger partial charge in [-0.05, 0) is 23.6 Å². The van der Waals surface area contributed by atoms with Crippen LogP contribution in [0.4, 0.5) is 0 Å². The fourth-order valence-electron chi connectivity index (χ4n) is 1.28. The number of aldehydes is 1. The van der Waals surface area contributed by atoms with Crippen molar-refractivity contribution in [3.63, 3.8) is 0 Å². The number of carbonyl (C=O) groups is 1. The number of hydrogen-bond acceptors (Lipinski definition) is 2. The topological polar surface area (TPSA) is 30.0 Å². The van der Waals surface area contributed by atoms with Crippen LogP contribution in [0.25, 0.3) is 10.8 Å². The Kier molecular flexibility index (Phi) is 1.99. The zero-order valence-corrected chi connectivity index (χ0v) is 7.45. The second-order valence-corrected chi connectivity index (χ2v) is 3.08. The molecule has 0 saturated heterocycles. The normalized spacial score (nSPS) is 10.2. The van der Waals surface area contributed by atoms with Gasteiger partial charge in [0, 0.05) is 28.4 Å². The van der Waals surface area contributed by atoms with Gasteiger partial charge in [-0.2, -0.15) is 0 Å². The molecular weight excluding hydrogens is 186 g/mol. The molecule has 0 saturated carbocycles. The van der Waals surface area contributed by atoms with E-state index < -0.39 is 0 Å². The number of rotatable bonds is 1. The van der Waals surface area contributed by atoms with Crippen molar-refractivity contribution in [2.45, 2.75) is 0 Å². The number of carbonyl (C=O) groups excluding carboxylic acids is 1. The van der Waals surface area contributed by atoms with Crippen LogP contribution in [0.5, 0.6) is 0 Å². The maximum atomic E-state index is 10.7. The first-order valence-corrected chi connectivity index (χ1v) is 4.18. The SMILES string of the molecule is O=Cc1ccc(Cl)c2cnccc12. The van der Waals surface area contributed by atoms with Gasteiger partial charge in [0.05, 0.1) is 0 Å². The largest absolute Gasteiger partial charge is 0.298 e. The maximum absolute atomic E-state index is 10.7. The first kappa shape index (κ1) is 8.20. The van der Waals surface area contributed by atoms with E-state index in [2.05, 4.69) is 4.98 Å². The summed E-state index contributed by atoms with van der Waals surface area (Å²) < 4.78 is 0. The molecule has 2 aromatic rings. The number of halogens is 1. The summed E-state index contributed by atoms with van der Waals surface area (Å²) in [6.45, 7) is 0. The van der Waals surface area contributed by atoms with E-state index in [4.69, 9.17) is 11.6 Å². The van der Waals surface area contributed by atoms with Gasteiger partial charge in [-0.3, -0.25) is 9.78 Å². The van der Waals surface area contributed by atoms with Gasteiger partial charge in [0.2, 0.25) is 0 Å². The lowest BCUT2D eigenvalue weighted by Crippen LogP contribution is -1.84. The third-order valence-electron chi connectivity index (χ3n) is 1.93. The van der Waals surface area contributed by atoms with E-state index in [1.807, 2.05) is 0 Å². The Bertz CT molecular complexity index is 467. The minimum atomic E-state index is 0.619. The van der Waals surface area contributed by atoms with Crippen molar-refractivity contribution in [3.8, 4) is 0 Å². The molecule has 0 spiro atoms. The molecule has 0 atom stereocenters. The molecule has 1 aromatic heterocycles. The highest BCUT2D eigenvalue weighted by Gasteiger charge is 2.02. The van der Waals surface area contributed by atoms with Crippen molar-refractivity contribution in [3.05, 3.63) is 41.2 Å². The molecule has 13 heavy (non-hydrogen) atoms. The van der Waals surface area contributed by atoms with Gasteiger partial charge in [0.15, 0.2) is 6.29 Å². The first-order chi connectivity index (χ1) is 6.33. The van der Waals surface area contributed by atoms with Crippen molar-refractivity contribution >= 4 is 28.7 Å². The van der Waals surface area contributed by atoms with Crippen molar-refractivity contribution in [2.24, 2.45) is 0 Å². The van der Waals surface area contributed by atoms with Crippen molar-refractivity contribution < 1.29 is 4.79 Å². The van der Waals surface area contributed by atoms with Crippen LogP contribution < -0.4 is 0 Å². The highest BCUT2D eigenvalue weighted by Crippen LogP contribution is 2.24. The van der Waals surface area contributed by atoms with Crippen LogP contribution >= 0.6 is 11.6 Å². The van der Waals surface area contributed by atoms with Gasteiger partial charge >= 0.3 is 0 Å². The molecule has 0 bridgehead atoms. The van der Waals surface area contributed by atoms with E-state index in [1.54, 1.807) is 30.6 Å². The molecule has 2 nitrogen and oxygen atoms in total. The second kappa shape index (κ2) is 3.15. The molecular formula is C10H6ClNO. The molecule has 0 aliphatic heterocycles. The van der Waals surface area contributed by atoms with E-state index in [-0.39, 0.29) is 0 Å². The third kappa shape index (κ3) is 1.29. The summed E-state index contributed by atoms with van der Waals surface area (Å²) in [4.78, 5) is 14.6. The predicted octanol–water partition coefficient (Wildman–Crippen LogP) is 2.70. The number of nitrogens with zero attached hydrogens (tertiary/aromatic N) is 1. The zero-order valence-electron chi connectivity index (χ0n) is 6.70. The van der Waals surface area contributed by atoms with E-state index in [1.165, 1.54) is 0 Å². The molecule has 1 heterocycles. The molecule has 2 rings (SSSR count). The fourth-order valence-corrected chi connectivity index (χ4v) is 1.50. The number of hydrogen-bond donors (Lipinski definition) is 0. The fraction of sp³-hybridized carbons (Fsp3) is 0. The highest BCUT2D eigenvalue weighted by molar-refractivity contribution is 6.35. The predicted molar refractivity (Wildman–Crippen MR) is 52.1 cm³/mol. The molecule has 0 unspecified atom stereocenters. The van der Waals surface area contributed by atoms with Crippen LogP contribution in [0, 0.1) is 0 Å². The molecule has 3 heteroatoms. The molecule has 0 N–H and O–H groups in total. The summed E-state index contributed by atoms with van der Waals surface area (Å²) in [5, 5.41) is 2.28. The lowest BCUT2D eigenvalue weighted by atomic mass is 10.1. The molecule has 1 aromatic carbocycles. The monoisotopic (exact) mass is 191 g/mol. The van der Waals surface area contributed by atoms with Crippen molar-refractivity contribution in [1.29, 1.82) is 0 Å². The van der Waals surface area contributed by atoms with Crippen LogP contribution in [0.15, 0.2) is 30.6 Å². The number of aromatic nitrogens is 1. The lowest BCUT2D eigenvalue weighted by molar-refractivity contribution is 0.112. The van der Waals surface area contributed by atoms with Crippen molar-refractivity contribution in [1.82, 2.24) is 4.98 Å². The molecule has 0 fully saturated rings. The van der Waals surface area contributed by atoms with Gasteiger partial charge in [-0.15, -0.1) is 0 Å². The van der Waals surface area contributed by atoms with Crippen LogP contribution in [0.3, 0.4) is 0 Å². The lowest BCUT2D eigenvalue weighted by Gasteiger charge is -2.01. The molecule has 0 aliphatic carbocycles. The summed E-state index contributed by atoms with van der Waals surface area (Å²) in [6.07, 6.45) is 4.12. The Morgan fingerprint density at radius 1 is 1.23 bits per heavy atom. The van der Waals surface area contributed by atoms with Crippen LogP contribution in [-0.2, 0) is 0 Å². The van der Waals surface area contributed by atoms with Crippen LogP contribution in [-0.4, -0.2) is 11.3 Å². The Labute approximate surface area is 80.2 Å². The Morgan fingerprint density at radius 2 is 2.08 bits per heavy atom. The summed E-state index contributed by atoms with van der Waals surface area (Å²) in [6, 6.07) is 5.19. The Hall–Kier alpha value is -1.41. The maximum Gasteiger partial charge on any atom is 0.150 e. The van der Waals surface area contributed by atoms with E-state index >= 15 is 0 Å². The second-order valence-electron chi connectivity index (χ2n) is 2.68. The third-order valence-corrected chi connectivity index (χ3v) is 2.26. The summed E-state index contributed by atoms with van der Waals surface area (Å²) in [7, 11) is 0. The molecule has 0 aliphatic rings. The minimum Gasteiger partial charge on any atom is -0.298 e. The van der Waals surface area contributed by atoms with E-state index in [9.17, 15) is 4.79 Å². The standard InChI is InChI=1S/C10H6ClNO/c11-10-2-1-7(6-13)8-3-4-12-5-9(8)10/h1-6H.